The Labute approximate surface area is 145 Å². The molecule has 1 atom stereocenters. The molecule has 0 aliphatic carbocycles. The molecular weight excluding hydrogens is 318 g/mol. The molecule has 1 aromatic heterocycles. The van der Waals surface area contributed by atoms with Gasteiger partial charge in [-0.25, -0.2) is 4.79 Å². The molecule has 6 nitrogen and oxygen atoms in total. The predicted molar refractivity (Wildman–Crippen MR) is 95.4 cm³/mol. The van der Waals surface area contributed by atoms with Crippen LogP contribution in [0.5, 0.6) is 5.88 Å². The molecule has 2 aliphatic heterocycles. The van der Waals surface area contributed by atoms with Crippen molar-refractivity contribution in [1.82, 2.24) is 9.88 Å². The van der Waals surface area contributed by atoms with E-state index < -0.39 is 11.9 Å². The molecule has 0 saturated heterocycles. The second kappa shape index (κ2) is 4.94. The van der Waals surface area contributed by atoms with Gasteiger partial charge in [0, 0.05) is 10.9 Å². The summed E-state index contributed by atoms with van der Waals surface area (Å²) in [7, 11) is 0. The van der Waals surface area contributed by atoms with E-state index in [1.54, 1.807) is 0 Å². The summed E-state index contributed by atoms with van der Waals surface area (Å²) in [4.78, 5) is 27.5. The van der Waals surface area contributed by atoms with Crippen LogP contribution in [-0.2, 0) is 16.8 Å². The normalized spacial score (nSPS) is 21.6. The summed E-state index contributed by atoms with van der Waals surface area (Å²) in [6.07, 6.45) is 1.73. The smallest absolute Gasteiger partial charge is 0.348 e. The van der Waals surface area contributed by atoms with E-state index >= 15 is 0 Å². The Bertz CT molecular complexity index is 982. The maximum atomic E-state index is 12.2. The molecule has 4 rings (SSSR count). The summed E-state index contributed by atoms with van der Waals surface area (Å²) in [5.74, 6) is -0.225. The number of carbonyl (C=O) groups is 2. The Morgan fingerprint density at radius 1 is 1.36 bits per heavy atom. The fraction of sp³-hybridized carbons (Fsp3) is 0.421. The van der Waals surface area contributed by atoms with Gasteiger partial charge in [0.15, 0.2) is 0 Å². The molecule has 0 bridgehead atoms. The van der Waals surface area contributed by atoms with Gasteiger partial charge in [-0.2, -0.15) is 4.99 Å². The quantitative estimate of drug-likeness (QED) is 0.881. The topological polar surface area (TPSA) is 83.7 Å². The van der Waals surface area contributed by atoms with Crippen LogP contribution in [0.2, 0.25) is 0 Å². The second-order valence-electron chi connectivity index (χ2n) is 7.61. The van der Waals surface area contributed by atoms with Crippen LogP contribution >= 0.6 is 0 Å². The molecule has 3 amide bonds. The summed E-state index contributed by atoms with van der Waals surface area (Å²) < 4.78 is 1.89. The Balaban J connectivity index is 2.16. The van der Waals surface area contributed by atoms with Crippen molar-refractivity contribution in [3.8, 4) is 5.88 Å². The summed E-state index contributed by atoms with van der Waals surface area (Å²) >= 11 is 0. The van der Waals surface area contributed by atoms with E-state index in [1.807, 2.05) is 10.6 Å². The minimum Gasteiger partial charge on any atom is -0.494 e. The molecule has 1 aromatic carbocycles. The Morgan fingerprint density at radius 3 is 2.68 bits per heavy atom. The first-order chi connectivity index (χ1) is 11.7. The number of aryl methyl sites for hydroxylation is 1. The summed E-state index contributed by atoms with van der Waals surface area (Å²) in [6.45, 7) is 8.41. The van der Waals surface area contributed by atoms with Crippen molar-refractivity contribution >= 4 is 28.6 Å². The molecule has 130 valence electrons. The average Bonchev–Trinajstić information content (AvgIpc) is 3.00. The summed E-state index contributed by atoms with van der Waals surface area (Å²) in [6, 6.07) is 3.50. The van der Waals surface area contributed by atoms with Crippen molar-refractivity contribution in [2.24, 2.45) is 4.99 Å². The number of nitrogens with zero attached hydrogens (tertiary/aromatic N) is 2. The molecule has 25 heavy (non-hydrogen) atoms. The van der Waals surface area contributed by atoms with E-state index in [0.29, 0.717) is 11.5 Å². The average molecular weight is 339 g/mol. The van der Waals surface area contributed by atoms with Gasteiger partial charge in [-0.3, -0.25) is 10.1 Å². The molecule has 0 saturated carbocycles. The molecular formula is C19H21N3O3. The van der Waals surface area contributed by atoms with Crippen LogP contribution in [0.3, 0.4) is 0 Å². The van der Waals surface area contributed by atoms with Gasteiger partial charge >= 0.3 is 6.03 Å². The number of aromatic nitrogens is 1. The van der Waals surface area contributed by atoms with Crippen LogP contribution in [0.4, 0.5) is 4.79 Å². The van der Waals surface area contributed by atoms with Crippen LogP contribution in [-0.4, -0.2) is 27.3 Å². The fourth-order valence-corrected chi connectivity index (χ4v) is 4.36. The molecule has 6 heteroatoms. The lowest BCUT2D eigenvalue weighted by molar-refractivity contribution is -0.113. The van der Waals surface area contributed by atoms with E-state index in [-0.39, 0.29) is 17.1 Å². The van der Waals surface area contributed by atoms with Gasteiger partial charge < -0.3 is 9.67 Å². The molecule has 3 heterocycles. The minimum absolute atomic E-state index is 0.00388. The predicted octanol–water partition coefficient (Wildman–Crippen LogP) is 3.19. The first kappa shape index (κ1) is 15.9. The van der Waals surface area contributed by atoms with E-state index in [1.165, 1.54) is 5.56 Å². The standard InChI is InChI=1S/C19H21N3O3/c1-5-10-6-11-9(2)8-19(3,4)22-15(11)12(7-10)13(17(22)24)14-16(23)21-18(25)20-14/h6-7,9,24H,5,8H2,1-4H3,(H,21,23,25). The summed E-state index contributed by atoms with van der Waals surface area (Å²) in [5.41, 5.74) is 3.29. The minimum atomic E-state index is -0.685. The third kappa shape index (κ3) is 2.06. The SMILES string of the molecule is CCc1cc2c3c(c1)c(C1=NC(=O)NC1=O)c(O)n3C(C)(C)CC2C. The van der Waals surface area contributed by atoms with Gasteiger partial charge in [0.05, 0.1) is 11.1 Å². The monoisotopic (exact) mass is 339 g/mol. The number of benzene rings is 1. The van der Waals surface area contributed by atoms with E-state index in [4.69, 9.17) is 0 Å². The van der Waals surface area contributed by atoms with Crippen LogP contribution in [0, 0.1) is 0 Å². The van der Waals surface area contributed by atoms with Crippen LogP contribution < -0.4 is 5.32 Å². The Hall–Kier alpha value is -2.63. The van der Waals surface area contributed by atoms with Gasteiger partial charge in [0.25, 0.3) is 5.91 Å². The first-order valence-electron chi connectivity index (χ1n) is 8.59. The zero-order valence-corrected chi connectivity index (χ0v) is 14.8. The second-order valence-corrected chi connectivity index (χ2v) is 7.61. The lowest BCUT2D eigenvalue weighted by Gasteiger charge is -2.37. The van der Waals surface area contributed by atoms with Gasteiger partial charge in [0.2, 0.25) is 5.88 Å². The number of imide groups is 1. The van der Waals surface area contributed by atoms with Crippen molar-refractivity contribution in [2.75, 3.05) is 0 Å². The number of rotatable bonds is 2. The number of amides is 3. The van der Waals surface area contributed by atoms with Crippen LogP contribution in [0.15, 0.2) is 17.1 Å². The van der Waals surface area contributed by atoms with Crippen molar-refractivity contribution < 1.29 is 14.7 Å². The molecule has 1 unspecified atom stereocenters. The highest BCUT2D eigenvalue weighted by atomic mass is 16.3. The van der Waals surface area contributed by atoms with E-state index in [2.05, 4.69) is 44.1 Å². The van der Waals surface area contributed by atoms with E-state index in [9.17, 15) is 14.7 Å². The fourth-order valence-electron chi connectivity index (χ4n) is 4.36. The third-order valence-corrected chi connectivity index (χ3v) is 5.36. The number of aromatic hydroxyl groups is 1. The number of hydrogen-bond donors (Lipinski definition) is 2. The van der Waals surface area contributed by atoms with Crippen molar-refractivity contribution in [3.05, 3.63) is 28.8 Å². The number of hydrogen-bond acceptors (Lipinski definition) is 3. The molecule has 0 spiro atoms. The van der Waals surface area contributed by atoms with Gasteiger partial charge in [0.1, 0.15) is 5.71 Å². The van der Waals surface area contributed by atoms with Crippen LogP contribution in [0.25, 0.3) is 10.9 Å². The van der Waals surface area contributed by atoms with Crippen molar-refractivity contribution in [2.45, 2.75) is 52.0 Å². The zero-order valence-electron chi connectivity index (χ0n) is 14.8. The number of aliphatic imine (C=N–C) groups is 1. The molecule has 0 fully saturated rings. The third-order valence-electron chi connectivity index (χ3n) is 5.36. The Morgan fingerprint density at radius 2 is 2.08 bits per heavy atom. The lowest BCUT2D eigenvalue weighted by Crippen LogP contribution is -2.31. The van der Waals surface area contributed by atoms with Gasteiger partial charge in [-0.1, -0.05) is 19.9 Å². The lowest BCUT2D eigenvalue weighted by atomic mass is 9.81. The zero-order chi connectivity index (χ0) is 18.1. The highest BCUT2D eigenvalue weighted by Crippen LogP contribution is 2.48. The largest absolute Gasteiger partial charge is 0.494 e. The molecule has 2 aliphatic rings. The first-order valence-corrected chi connectivity index (χ1v) is 8.59. The highest BCUT2D eigenvalue weighted by Gasteiger charge is 2.39. The highest BCUT2D eigenvalue weighted by molar-refractivity contribution is 6.53. The van der Waals surface area contributed by atoms with Crippen molar-refractivity contribution in [1.29, 1.82) is 0 Å². The van der Waals surface area contributed by atoms with Crippen LogP contribution in [0.1, 0.15) is 56.7 Å². The number of urea groups is 1. The van der Waals surface area contributed by atoms with Gasteiger partial charge in [-0.05, 0) is 49.8 Å². The maximum absolute atomic E-state index is 12.2. The Kier molecular flexibility index (Phi) is 3.14. The summed E-state index contributed by atoms with van der Waals surface area (Å²) in [5, 5.41) is 14.0. The van der Waals surface area contributed by atoms with E-state index in [0.717, 1.165) is 29.3 Å². The molecule has 2 N–H and O–H groups in total. The number of nitrogens with one attached hydrogen (secondary N) is 1. The number of carbonyl (C=O) groups excluding carboxylic acids is 2. The van der Waals surface area contributed by atoms with Gasteiger partial charge in [-0.15, -0.1) is 0 Å². The van der Waals surface area contributed by atoms with Crippen molar-refractivity contribution in [3.63, 3.8) is 0 Å². The maximum Gasteiger partial charge on any atom is 0.348 e. The molecule has 0 radical (unpaired) electrons. The molecule has 2 aromatic rings.